The topological polar surface area (TPSA) is 96.8 Å². The molecule has 2 aromatic heterocycles. The Kier molecular flexibility index (Phi) is 5.71. The molecule has 2 heterocycles. The summed E-state index contributed by atoms with van der Waals surface area (Å²) in [5.74, 6) is -2.77. The summed E-state index contributed by atoms with van der Waals surface area (Å²) in [6.07, 6.45) is 3.41. The first-order chi connectivity index (χ1) is 15.4. The third kappa shape index (κ3) is 4.67. The molecule has 11 heteroatoms. The van der Waals surface area contributed by atoms with E-state index in [0.29, 0.717) is 28.8 Å². The lowest BCUT2D eigenvalue weighted by atomic mass is 10.2. The Hall–Kier alpha value is -4.41. The molecular weight excluding hydrogens is 423 g/mol. The third-order valence-electron chi connectivity index (χ3n) is 4.26. The van der Waals surface area contributed by atoms with Crippen LogP contribution in [0.2, 0.25) is 0 Å². The van der Waals surface area contributed by atoms with E-state index in [4.69, 9.17) is 0 Å². The number of hydrogen-bond acceptors (Lipinski definition) is 5. The van der Waals surface area contributed by atoms with Crippen LogP contribution >= 0.6 is 0 Å². The number of hydrogen-bond donors (Lipinski definition) is 3. The highest BCUT2D eigenvalue weighted by atomic mass is 19.2. The van der Waals surface area contributed by atoms with E-state index in [-0.39, 0.29) is 0 Å². The number of nitrogens with one attached hydrogen (secondary N) is 3. The molecule has 2 aromatic carbocycles. The van der Waals surface area contributed by atoms with E-state index >= 15 is 0 Å². The van der Waals surface area contributed by atoms with Crippen LogP contribution in [0.3, 0.4) is 0 Å². The Balaban J connectivity index is 1.42. The molecule has 0 atom stereocenters. The number of halogens is 3. The molecule has 0 saturated heterocycles. The van der Waals surface area contributed by atoms with Crippen LogP contribution in [0.15, 0.2) is 60.9 Å². The third-order valence-corrected chi connectivity index (χ3v) is 4.26. The lowest BCUT2D eigenvalue weighted by molar-refractivity contribution is 0.262. The highest BCUT2D eigenvalue weighted by molar-refractivity contribution is 5.99. The number of amides is 2. The molecule has 3 N–H and O–H groups in total. The van der Waals surface area contributed by atoms with Gasteiger partial charge in [0.15, 0.2) is 23.3 Å². The molecule has 32 heavy (non-hydrogen) atoms. The molecule has 0 aliphatic rings. The fraction of sp³-hybridized carbons (Fsp3) is 0.0476. The van der Waals surface area contributed by atoms with E-state index in [9.17, 15) is 18.0 Å². The van der Waals surface area contributed by atoms with Crippen LogP contribution in [0, 0.1) is 24.4 Å². The highest BCUT2D eigenvalue weighted by Crippen LogP contribution is 2.21. The first kappa shape index (κ1) is 20.8. The molecule has 4 rings (SSSR count). The quantitative estimate of drug-likeness (QED) is 0.389. The first-order valence-electron chi connectivity index (χ1n) is 9.33. The molecule has 0 aliphatic carbocycles. The molecule has 0 radical (unpaired) electrons. The molecule has 2 amide bonds. The molecule has 0 spiro atoms. The monoisotopic (exact) mass is 439 g/mol. The molecule has 162 valence electrons. The summed E-state index contributed by atoms with van der Waals surface area (Å²) < 4.78 is 41.6. The van der Waals surface area contributed by atoms with Gasteiger partial charge in [0.25, 0.3) is 0 Å². The number of aryl methyl sites for hydroxylation is 1. The molecule has 0 bridgehead atoms. The molecule has 0 saturated carbocycles. The zero-order valence-electron chi connectivity index (χ0n) is 16.6. The number of rotatable bonds is 5. The number of nitrogens with zero attached hydrogens (tertiary/aromatic N) is 4. The highest BCUT2D eigenvalue weighted by Gasteiger charge is 2.15. The van der Waals surface area contributed by atoms with Crippen molar-refractivity contribution >= 4 is 28.9 Å². The fourth-order valence-electron chi connectivity index (χ4n) is 2.83. The van der Waals surface area contributed by atoms with Crippen molar-refractivity contribution in [3.05, 3.63) is 84.2 Å². The van der Waals surface area contributed by atoms with Crippen molar-refractivity contribution in [2.75, 3.05) is 16.0 Å². The molecule has 8 nitrogen and oxygen atoms in total. The zero-order chi connectivity index (χ0) is 22.7. The van der Waals surface area contributed by atoms with E-state index in [2.05, 4.69) is 31.0 Å². The van der Waals surface area contributed by atoms with E-state index in [1.807, 2.05) is 0 Å². The van der Waals surface area contributed by atoms with Crippen molar-refractivity contribution < 1.29 is 18.0 Å². The summed E-state index contributed by atoms with van der Waals surface area (Å²) >= 11 is 0. The van der Waals surface area contributed by atoms with Gasteiger partial charge in [-0.1, -0.05) is 0 Å². The summed E-state index contributed by atoms with van der Waals surface area (Å²) in [6, 6.07) is 11.0. The second-order valence-electron chi connectivity index (χ2n) is 6.61. The van der Waals surface area contributed by atoms with Crippen LogP contribution in [0.4, 0.5) is 40.8 Å². The average molecular weight is 439 g/mol. The fourth-order valence-corrected chi connectivity index (χ4v) is 2.83. The van der Waals surface area contributed by atoms with Crippen LogP contribution in [0.25, 0.3) is 5.82 Å². The van der Waals surface area contributed by atoms with Crippen molar-refractivity contribution in [2.24, 2.45) is 0 Å². The van der Waals surface area contributed by atoms with Gasteiger partial charge in [0, 0.05) is 29.8 Å². The Morgan fingerprint density at radius 3 is 2.41 bits per heavy atom. The van der Waals surface area contributed by atoms with Gasteiger partial charge in [-0.2, -0.15) is 5.10 Å². The lowest BCUT2D eigenvalue weighted by Crippen LogP contribution is -2.20. The summed E-state index contributed by atoms with van der Waals surface area (Å²) in [5, 5.41) is 11.9. The van der Waals surface area contributed by atoms with Crippen LogP contribution in [-0.4, -0.2) is 25.8 Å². The second-order valence-corrected chi connectivity index (χ2v) is 6.61. The SMILES string of the molecule is Cc1nc(Nc2ccc(NC(=O)Nc3ccc(F)c(F)c3F)cc2)cc(-n2cccn2)n1. The summed E-state index contributed by atoms with van der Waals surface area (Å²) in [6.45, 7) is 1.76. The zero-order valence-corrected chi connectivity index (χ0v) is 16.6. The first-order valence-corrected chi connectivity index (χ1v) is 9.33. The van der Waals surface area contributed by atoms with Gasteiger partial charge in [0.1, 0.15) is 11.6 Å². The smallest absolute Gasteiger partial charge is 0.323 e. The maximum atomic E-state index is 13.7. The van der Waals surface area contributed by atoms with Gasteiger partial charge in [-0.25, -0.2) is 32.6 Å². The lowest BCUT2D eigenvalue weighted by Gasteiger charge is -2.11. The normalized spacial score (nSPS) is 10.6. The average Bonchev–Trinajstić information content (AvgIpc) is 3.30. The Morgan fingerprint density at radius 2 is 1.69 bits per heavy atom. The molecule has 0 aliphatic heterocycles. The summed E-state index contributed by atoms with van der Waals surface area (Å²) in [5.41, 5.74) is 0.603. The standard InChI is InChI=1S/C21H16F3N7O/c1-12-26-17(11-18(27-12)31-10-2-9-25-31)28-13-3-5-14(6-4-13)29-21(32)30-16-8-7-15(22)19(23)20(16)24/h2-11H,1H3,(H,26,27,28)(H2,29,30,32). The minimum Gasteiger partial charge on any atom is -0.340 e. The van der Waals surface area contributed by atoms with E-state index in [0.717, 1.165) is 12.1 Å². The van der Waals surface area contributed by atoms with Crippen LogP contribution in [-0.2, 0) is 0 Å². The van der Waals surface area contributed by atoms with Gasteiger partial charge in [-0.15, -0.1) is 0 Å². The van der Waals surface area contributed by atoms with Crippen molar-refractivity contribution in [2.45, 2.75) is 6.92 Å². The van der Waals surface area contributed by atoms with Crippen LogP contribution in [0.1, 0.15) is 5.82 Å². The number of carbonyl (C=O) groups is 1. The summed E-state index contributed by atoms with van der Waals surface area (Å²) in [7, 11) is 0. The number of benzene rings is 2. The number of urea groups is 1. The molecule has 0 unspecified atom stereocenters. The number of aromatic nitrogens is 4. The van der Waals surface area contributed by atoms with Crippen molar-refractivity contribution in [1.29, 1.82) is 0 Å². The summed E-state index contributed by atoms with van der Waals surface area (Å²) in [4.78, 5) is 20.7. The van der Waals surface area contributed by atoms with Crippen molar-refractivity contribution in [3.8, 4) is 5.82 Å². The Morgan fingerprint density at radius 1 is 0.938 bits per heavy atom. The molecule has 4 aromatic rings. The van der Waals surface area contributed by atoms with Crippen molar-refractivity contribution in [1.82, 2.24) is 19.7 Å². The maximum Gasteiger partial charge on any atom is 0.323 e. The van der Waals surface area contributed by atoms with Gasteiger partial charge in [0.05, 0.1) is 5.69 Å². The largest absolute Gasteiger partial charge is 0.340 e. The van der Waals surface area contributed by atoms with Gasteiger partial charge < -0.3 is 16.0 Å². The van der Waals surface area contributed by atoms with Gasteiger partial charge in [0.2, 0.25) is 0 Å². The predicted octanol–water partition coefficient (Wildman–Crippen LogP) is 4.78. The van der Waals surface area contributed by atoms with E-state index in [1.165, 1.54) is 0 Å². The Bertz CT molecular complexity index is 1260. The van der Waals surface area contributed by atoms with Gasteiger partial charge in [-0.05, 0) is 49.4 Å². The van der Waals surface area contributed by atoms with E-state index < -0.39 is 29.2 Å². The number of carbonyl (C=O) groups excluding carboxylic acids is 1. The number of anilines is 4. The minimum absolute atomic E-state index is 0.396. The predicted molar refractivity (Wildman–Crippen MR) is 113 cm³/mol. The van der Waals surface area contributed by atoms with Gasteiger partial charge >= 0.3 is 6.03 Å². The molecule has 0 fully saturated rings. The second kappa shape index (κ2) is 8.76. The Labute approximate surface area is 180 Å². The maximum absolute atomic E-state index is 13.7. The van der Waals surface area contributed by atoms with Crippen LogP contribution < -0.4 is 16.0 Å². The van der Waals surface area contributed by atoms with Crippen LogP contribution in [0.5, 0.6) is 0 Å². The van der Waals surface area contributed by atoms with Crippen molar-refractivity contribution in [3.63, 3.8) is 0 Å². The van der Waals surface area contributed by atoms with E-state index in [1.54, 1.807) is 60.4 Å². The molecular formula is C21H16F3N7O. The minimum atomic E-state index is -1.66. The van der Waals surface area contributed by atoms with Gasteiger partial charge in [-0.3, -0.25) is 0 Å².